The lowest BCUT2D eigenvalue weighted by molar-refractivity contribution is 0.191. The second-order valence-corrected chi connectivity index (χ2v) is 4.78. The van der Waals surface area contributed by atoms with E-state index in [0.717, 1.165) is 25.4 Å². The molecule has 2 nitrogen and oxygen atoms in total. The van der Waals surface area contributed by atoms with E-state index in [1.54, 1.807) is 7.11 Å². The summed E-state index contributed by atoms with van der Waals surface area (Å²) in [5.41, 5.74) is 1.28. The molecule has 1 aromatic carbocycles. The fraction of sp³-hybridized carbons (Fsp3) is 0.700. The fourth-order valence-electron chi connectivity index (χ4n) is 1.88. The van der Waals surface area contributed by atoms with Crippen LogP contribution < -0.4 is 4.74 Å². The number of methoxy groups -OCH3 is 1. The van der Waals surface area contributed by atoms with E-state index >= 15 is 0 Å². The van der Waals surface area contributed by atoms with Crippen LogP contribution in [-0.2, 0) is 4.74 Å². The minimum Gasteiger partial charge on any atom is -0.494 e. The maximum atomic E-state index is 5.69. The summed E-state index contributed by atoms with van der Waals surface area (Å²) in [5.74, 6) is 0.987. The third-order valence-corrected chi connectivity index (χ3v) is 3.03. The first-order valence-corrected chi connectivity index (χ1v) is 9.01. The zero-order valence-corrected chi connectivity index (χ0v) is 15.8. The smallest absolute Gasteiger partial charge is 0.119 e. The summed E-state index contributed by atoms with van der Waals surface area (Å²) in [6, 6.07) is 8.26. The van der Waals surface area contributed by atoms with Gasteiger partial charge in [0.25, 0.3) is 0 Å². The first-order valence-electron chi connectivity index (χ1n) is 9.01. The van der Waals surface area contributed by atoms with Crippen LogP contribution in [0.1, 0.15) is 71.8 Å². The zero-order chi connectivity index (χ0) is 17.1. The van der Waals surface area contributed by atoms with Gasteiger partial charge in [-0.1, -0.05) is 71.1 Å². The van der Waals surface area contributed by atoms with E-state index in [2.05, 4.69) is 19.1 Å². The molecule has 0 amide bonds. The molecule has 0 N–H and O–H groups in total. The summed E-state index contributed by atoms with van der Waals surface area (Å²) >= 11 is 0. The summed E-state index contributed by atoms with van der Waals surface area (Å²) in [7, 11) is 1.77. The second kappa shape index (κ2) is 20.0. The van der Waals surface area contributed by atoms with Gasteiger partial charge >= 0.3 is 0 Å². The number of rotatable bonds is 10. The van der Waals surface area contributed by atoms with Crippen molar-refractivity contribution < 1.29 is 9.47 Å². The van der Waals surface area contributed by atoms with Crippen LogP contribution >= 0.6 is 0 Å². The summed E-state index contributed by atoms with van der Waals surface area (Å²) in [6.45, 7) is 11.8. The number of ether oxygens (including phenoxy) is 2. The second-order valence-electron chi connectivity index (χ2n) is 4.78. The molecule has 22 heavy (non-hydrogen) atoms. The molecule has 0 radical (unpaired) electrons. The minimum absolute atomic E-state index is 0.834. The van der Waals surface area contributed by atoms with Crippen LogP contribution in [0.3, 0.4) is 0 Å². The van der Waals surface area contributed by atoms with Gasteiger partial charge in [0, 0.05) is 13.7 Å². The molecule has 0 saturated carbocycles. The van der Waals surface area contributed by atoms with Crippen LogP contribution in [0.15, 0.2) is 24.3 Å². The number of unbranched alkanes of at least 4 members (excludes halogenated alkanes) is 5. The third-order valence-electron chi connectivity index (χ3n) is 3.03. The van der Waals surface area contributed by atoms with Gasteiger partial charge in [-0.15, -0.1) is 0 Å². The Morgan fingerprint density at radius 1 is 0.682 bits per heavy atom. The predicted molar refractivity (Wildman–Crippen MR) is 98.9 cm³/mol. The Hall–Kier alpha value is -1.02. The standard InChI is InChI=1S/C16H26O2.2C2H6/c1-15-9-11-16(12-10-15)18-14-8-6-4-3-5-7-13-17-2;2*1-2/h9-12H,3-8,13-14H2,1-2H3;2*1-2H3. The predicted octanol–water partition coefficient (Wildman–Crippen LogP) is 6.41. The highest BCUT2D eigenvalue weighted by Crippen LogP contribution is 2.12. The van der Waals surface area contributed by atoms with E-state index in [-0.39, 0.29) is 0 Å². The van der Waals surface area contributed by atoms with Crippen molar-refractivity contribution in [1.82, 2.24) is 0 Å². The SMILES string of the molecule is CC.CC.COCCCCCCCCOc1ccc(C)cc1. The molecule has 0 aromatic heterocycles. The van der Waals surface area contributed by atoms with Crippen LogP contribution in [0.25, 0.3) is 0 Å². The van der Waals surface area contributed by atoms with Crippen molar-refractivity contribution in [2.45, 2.75) is 73.1 Å². The van der Waals surface area contributed by atoms with E-state index < -0.39 is 0 Å². The highest BCUT2D eigenvalue weighted by Gasteiger charge is 1.94. The van der Waals surface area contributed by atoms with Gasteiger partial charge in [-0.05, 0) is 31.9 Å². The Morgan fingerprint density at radius 3 is 1.64 bits per heavy atom. The van der Waals surface area contributed by atoms with Crippen LogP contribution in [0.5, 0.6) is 5.75 Å². The lowest BCUT2D eigenvalue weighted by atomic mass is 10.1. The monoisotopic (exact) mass is 310 g/mol. The van der Waals surface area contributed by atoms with Crippen LogP contribution in [0, 0.1) is 6.92 Å². The quantitative estimate of drug-likeness (QED) is 0.465. The third kappa shape index (κ3) is 15.4. The number of hydrogen-bond donors (Lipinski definition) is 0. The normalized spacial score (nSPS) is 9.18. The van der Waals surface area contributed by atoms with Crippen molar-refractivity contribution in [3.8, 4) is 5.75 Å². The lowest BCUT2D eigenvalue weighted by Crippen LogP contribution is -1.97. The van der Waals surface area contributed by atoms with Crippen LogP contribution in [-0.4, -0.2) is 20.3 Å². The first-order chi connectivity index (χ1) is 10.8. The largest absolute Gasteiger partial charge is 0.494 e. The van der Waals surface area contributed by atoms with E-state index in [1.807, 2.05) is 39.8 Å². The topological polar surface area (TPSA) is 18.5 Å². The minimum atomic E-state index is 0.834. The van der Waals surface area contributed by atoms with Crippen LogP contribution in [0.2, 0.25) is 0 Å². The molecule has 0 heterocycles. The van der Waals surface area contributed by atoms with E-state index in [4.69, 9.17) is 9.47 Å². The molecule has 0 unspecified atom stereocenters. The molecule has 130 valence electrons. The number of aryl methyl sites for hydroxylation is 1. The molecule has 2 heteroatoms. The highest BCUT2D eigenvalue weighted by molar-refractivity contribution is 5.26. The van der Waals surface area contributed by atoms with Gasteiger partial charge in [-0.2, -0.15) is 0 Å². The van der Waals surface area contributed by atoms with Crippen molar-refractivity contribution >= 4 is 0 Å². The maximum Gasteiger partial charge on any atom is 0.119 e. The van der Waals surface area contributed by atoms with Gasteiger partial charge < -0.3 is 9.47 Å². The lowest BCUT2D eigenvalue weighted by Gasteiger charge is -2.06. The first kappa shape index (κ1) is 23.2. The van der Waals surface area contributed by atoms with Gasteiger partial charge in [0.05, 0.1) is 6.61 Å². The molecule has 0 aliphatic heterocycles. The summed E-state index contributed by atoms with van der Waals surface area (Å²) in [5, 5.41) is 0. The van der Waals surface area contributed by atoms with E-state index in [1.165, 1.54) is 37.7 Å². The molecule has 0 spiro atoms. The van der Waals surface area contributed by atoms with E-state index in [9.17, 15) is 0 Å². The molecular weight excluding hydrogens is 272 g/mol. The highest BCUT2D eigenvalue weighted by atomic mass is 16.5. The number of hydrogen-bond acceptors (Lipinski definition) is 2. The Bertz CT molecular complexity index is 293. The van der Waals surface area contributed by atoms with E-state index in [0.29, 0.717) is 0 Å². The molecule has 0 fully saturated rings. The van der Waals surface area contributed by atoms with Crippen molar-refractivity contribution in [3.63, 3.8) is 0 Å². The maximum absolute atomic E-state index is 5.69. The number of benzene rings is 1. The summed E-state index contributed by atoms with van der Waals surface area (Å²) < 4.78 is 10.7. The van der Waals surface area contributed by atoms with Crippen molar-refractivity contribution in [2.75, 3.05) is 20.3 Å². The molecule has 0 bridgehead atoms. The van der Waals surface area contributed by atoms with Gasteiger partial charge in [0.2, 0.25) is 0 Å². The molecule has 1 rings (SSSR count). The average molecular weight is 311 g/mol. The Balaban J connectivity index is 0. The van der Waals surface area contributed by atoms with Crippen molar-refractivity contribution in [3.05, 3.63) is 29.8 Å². The summed E-state index contributed by atoms with van der Waals surface area (Å²) in [4.78, 5) is 0. The van der Waals surface area contributed by atoms with Gasteiger partial charge in [-0.25, -0.2) is 0 Å². The molecule has 1 aromatic rings. The Kier molecular flexibility index (Phi) is 21.1. The molecule has 0 aliphatic rings. The van der Waals surface area contributed by atoms with Gasteiger partial charge in [0.1, 0.15) is 5.75 Å². The van der Waals surface area contributed by atoms with Gasteiger partial charge in [0.15, 0.2) is 0 Å². The van der Waals surface area contributed by atoms with Crippen LogP contribution in [0.4, 0.5) is 0 Å². The van der Waals surface area contributed by atoms with Crippen molar-refractivity contribution in [2.24, 2.45) is 0 Å². The Labute approximate surface area is 139 Å². The zero-order valence-electron chi connectivity index (χ0n) is 15.8. The molecule has 0 atom stereocenters. The average Bonchev–Trinajstić information content (AvgIpc) is 2.59. The summed E-state index contributed by atoms with van der Waals surface area (Å²) in [6.07, 6.45) is 7.51. The molecule has 0 aliphatic carbocycles. The molecular formula is C20H38O2. The van der Waals surface area contributed by atoms with Gasteiger partial charge in [-0.3, -0.25) is 0 Å². The van der Waals surface area contributed by atoms with Crippen molar-refractivity contribution in [1.29, 1.82) is 0 Å². The Morgan fingerprint density at radius 2 is 1.14 bits per heavy atom. The molecule has 0 saturated heterocycles. The fourth-order valence-corrected chi connectivity index (χ4v) is 1.88.